The zero-order valence-electron chi connectivity index (χ0n) is 16.7. The SMILES string of the molecule is CN=C(NCCCN1CCC(C)CC1)NCC(=O)Nc1ccc(F)c(F)c1F.I. The van der Waals surface area contributed by atoms with Crippen molar-refractivity contribution in [2.45, 2.75) is 26.2 Å². The summed E-state index contributed by atoms with van der Waals surface area (Å²) >= 11 is 0. The number of benzene rings is 1. The van der Waals surface area contributed by atoms with Crippen molar-refractivity contribution in [3.8, 4) is 0 Å². The van der Waals surface area contributed by atoms with Crippen LogP contribution >= 0.6 is 24.0 Å². The normalized spacial score (nSPS) is 15.6. The molecule has 0 atom stereocenters. The second kappa shape index (κ2) is 12.9. The number of rotatable bonds is 7. The van der Waals surface area contributed by atoms with Crippen LogP contribution in [-0.4, -0.2) is 56.5 Å². The number of carbonyl (C=O) groups excluding carboxylic acids is 1. The number of guanidine groups is 1. The Kier molecular flexibility index (Phi) is 11.3. The highest BCUT2D eigenvalue weighted by atomic mass is 127. The Bertz CT molecular complexity index is 697. The van der Waals surface area contributed by atoms with Gasteiger partial charge in [0.2, 0.25) is 5.91 Å². The Morgan fingerprint density at radius 3 is 2.52 bits per heavy atom. The Morgan fingerprint density at radius 2 is 1.86 bits per heavy atom. The van der Waals surface area contributed by atoms with Crippen LogP contribution in [0.15, 0.2) is 17.1 Å². The number of carbonyl (C=O) groups is 1. The number of nitrogens with one attached hydrogen (secondary N) is 3. The zero-order chi connectivity index (χ0) is 20.5. The lowest BCUT2D eigenvalue weighted by atomic mass is 9.99. The van der Waals surface area contributed by atoms with E-state index in [4.69, 9.17) is 0 Å². The first kappa shape index (κ1) is 25.5. The number of hydrogen-bond acceptors (Lipinski definition) is 3. The number of halogens is 4. The number of piperidine rings is 1. The van der Waals surface area contributed by atoms with Crippen LogP contribution in [0, 0.1) is 23.4 Å². The highest BCUT2D eigenvalue weighted by Crippen LogP contribution is 2.19. The van der Waals surface area contributed by atoms with Crippen molar-refractivity contribution in [3.63, 3.8) is 0 Å². The molecule has 0 unspecified atom stereocenters. The van der Waals surface area contributed by atoms with Crippen molar-refractivity contribution in [2.75, 3.05) is 45.1 Å². The third-order valence-corrected chi connectivity index (χ3v) is 4.77. The molecular formula is C19H29F3IN5O. The lowest BCUT2D eigenvalue weighted by Gasteiger charge is -2.30. The first-order valence-corrected chi connectivity index (χ1v) is 9.51. The molecule has 1 aromatic rings. The molecule has 6 nitrogen and oxygen atoms in total. The minimum atomic E-state index is -1.62. The molecule has 164 valence electrons. The summed E-state index contributed by atoms with van der Waals surface area (Å²) in [5.41, 5.74) is -0.413. The lowest BCUT2D eigenvalue weighted by molar-refractivity contribution is -0.115. The van der Waals surface area contributed by atoms with Crippen molar-refractivity contribution in [2.24, 2.45) is 10.9 Å². The van der Waals surface area contributed by atoms with Crippen molar-refractivity contribution in [1.29, 1.82) is 0 Å². The molecule has 0 radical (unpaired) electrons. The first-order valence-electron chi connectivity index (χ1n) is 9.51. The van der Waals surface area contributed by atoms with Crippen LogP contribution in [0.1, 0.15) is 26.2 Å². The Balaban J connectivity index is 0.00000420. The molecule has 10 heteroatoms. The van der Waals surface area contributed by atoms with Crippen LogP contribution in [0.3, 0.4) is 0 Å². The molecule has 2 rings (SSSR count). The predicted octanol–water partition coefficient (Wildman–Crippen LogP) is 2.95. The third-order valence-electron chi connectivity index (χ3n) is 4.77. The molecule has 0 spiro atoms. The average molecular weight is 527 g/mol. The van der Waals surface area contributed by atoms with Gasteiger partial charge in [0.05, 0.1) is 12.2 Å². The molecular weight excluding hydrogens is 498 g/mol. The summed E-state index contributed by atoms with van der Waals surface area (Å²) < 4.78 is 39.7. The molecule has 0 bridgehead atoms. The maximum absolute atomic E-state index is 13.6. The molecule has 0 aromatic heterocycles. The largest absolute Gasteiger partial charge is 0.356 e. The monoisotopic (exact) mass is 527 g/mol. The minimum Gasteiger partial charge on any atom is -0.356 e. The molecule has 0 saturated carbocycles. The zero-order valence-corrected chi connectivity index (χ0v) is 19.1. The quantitative estimate of drug-likeness (QED) is 0.168. The van der Waals surface area contributed by atoms with Gasteiger partial charge in [-0.1, -0.05) is 6.92 Å². The van der Waals surface area contributed by atoms with E-state index >= 15 is 0 Å². The number of anilines is 1. The van der Waals surface area contributed by atoms with Crippen molar-refractivity contribution >= 4 is 41.5 Å². The van der Waals surface area contributed by atoms with Crippen LogP contribution in [0.25, 0.3) is 0 Å². The van der Waals surface area contributed by atoms with Crippen molar-refractivity contribution in [1.82, 2.24) is 15.5 Å². The van der Waals surface area contributed by atoms with E-state index in [1.807, 2.05) is 0 Å². The molecule has 0 aliphatic carbocycles. The Labute approximate surface area is 186 Å². The summed E-state index contributed by atoms with van der Waals surface area (Å²) in [4.78, 5) is 18.4. The molecule has 1 aliphatic heterocycles. The van der Waals surface area contributed by atoms with Crippen LogP contribution < -0.4 is 16.0 Å². The van der Waals surface area contributed by atoms with Gasteiger partial charge in [0.1, 0.15) is 0 Å². The van der Waals surface area contributed by atoms with E-state index in [2.05, 4.69) is 32.8 Å². The van der Waals surface area contributed by atoms with E-state index in [1.54, 1.807) is 7.05 Å². The fraction of sp³-hybridized carbons (Fsp3) is 0.579. The van der Waals surface area contributed by atoms with E-state index in [1.165, 1.54) is 12.8 Å². The molecule has 1 aliphatic rings. The smallest absolute Gasteiger partial charge is 0.243 e. The Hall–Kier alpha value is -1.56. The molecule has 29 heavy (non-hydrogen) atoms. The highest BCUT2D eigenvalue weighted by molar-refractivity contribution is 14.0. The van der Waals surface area contributed by atoms with Gasteiger partial charge in [0, 0.05) is 13.6 Å². The minimum absolute atomic E-state index is 0. The summed E-state index contributed by atoms with van der Waals surface area (Å²) in [7, 11) is 1.58. The fourth-order valence-corrected chi connectivity index (χ4v) is 3.00. The number of aliphatic imine (C=N–C) groups is 1. The van der Waals surface area contributed by atoms with Gasteiger partial charge in [-0.2, -0.15) is 0 Å². The van der Waals surface area contributed by atoms with E-state index in [9.17, 15) is 18.0 Å². The molecule has 1 heterocycles. The van der Waals surface area contributed by atoms with Gasteiger partial charge < -0.3 is 20.9 Å². The van der Waals surface area contributed by atoms with E-state index < -0.39 is 29.0 Å². The maximum atomic E-state index is 13.6. The summed E-state index contributed by atoms with van der Waals surface area (Å²) in [6, 6.07) is 1.73. The second-order valence-corrected chi connectivity index (χ2v) is 7.00. The van der Waals surface area contributed by atoms with E-state index in [0.717, 1.165) is 44.1 Å². The Morgan fingerprint density at radius 1 is 1.17 bits per heavy atom. The molecule has 1 amide bonds. The lowest BCUT2D eigenvalue weighted by Crippen LogP contribution is -2.42. The molecule has 3 N–H and O–H groups in total. The third kappa shape index (κ3) is 8.37. The summed E-state index contributed by atoms with van der Waals surface area (Å²) in [6.45, 7) is 6.06. The number of nitrogens with zero attached hydrogens (tertiary/aromatic N) is 2. The van der Waals surface area contributed by atoms with Crippen LogP contribution in [0.5, 0.6) is 0 Å². The standard InChI is InChI=1S/C19H28F3N5O.HI/c1-13-6-10-27(11-7-13)9-3-8-24-19(23-2)25-12-16(28)26-15-5-4-14(20)17(21)18(15)22;/h4-5,13H,3,6-12H2,1-2H3,(H,26,28)(H2,23,24,25);1H. The van der Waals surface area contributed by atoms with Crippen LogP contribution in [-0.2, 0) is 4.79 Å². The summed E-state index contributed by atoms with van der Waals surface area (Å²) in [5, 5.41) is 8.11. The van der Waals surface area contributed by atoms with Gasteiger partial charge in [0.25, 0.3) is 0 Å². The van der Waals surface area contributed by atoms with Crippen LogP contribution in [0.4, 0.5) is 18.9 Å². The van der Waals surface area contributed by atoms with Gasteiger partial charge in [-0.25, -0.2) is 13.2 Å². The van der Waals surface area contributed by atoms with Gasteiger partial charge in [-0.3, -0.25) is 9.79 Å². The molecule has 1 saturated heterocycles. The number of amides is 1. The van der Waals surface area contributed by atoms with Gasteiger partial charge >= 0.3 is 0 Å². The van der Waals surface area contributed by atoms with Crippen molar-refractivity contribution < 1.29 is 18.0 Å². The summed E-state index contributed by atoms with van der Waals surface area (Å²) in [6.07, 6.45) is 3.43. The van der Waals surface area contributed by atoms with Gasteiger partial charge in [-0.05, 0) is 56.9 Å². The second-order valence-electron chi connectivity index (χ2n) is 7.00. The van der Waals surface area contributed by atoms with Crippen molar-refractivity contribution in [3.05, 3.63) is 29.6 Å². The first-order chi connectivity index (χ1) is 13.4. The van der Waals surface area contributed by atoms with Gasteiger partial charge in [-0.15, -0.1) is 24.0 Å². The molecule has 1 fully saturated rings. The highest BCUT2D eigenvalue weighted by Gasteiger charge is 2.16. The predicted molar refractivity (Wildman–Crippen MR) is 119 cm³/mol. The maximum Gasteiger partial charge on any atom is 0.243 e. The average Bonchev–Trinajstić information content (AvgIpc) is 2.69. The fourth-order valence-electron chi connectivity index (χ4n) is 3.00. The number of hydrogen-bond donors (Lipinski definition) is 3. The van der Waals surface area contributed by atoms with E-state index in [-0.39, 0.29) is 30.5 Å². The summed E-state index contributed by atoms with van der Waals surface area (Å²) in [5.74, 6) is -3.71. The number of likely N-dealkylation sites (tertiary alicyclic amines) is 1. The van der Waals surface area contributed by atoms with E-state index in [0.29, 0.717) is 12.5 Å². The van der Waals surface area contributed by atoms with Gasteiger partial charge in [0.15, 0.2) is 23.4 Å². The molecule has 1 aromatic carbocycles. The topological polar surface area (TPSA) is 68.8 Å². The van der Waals surface area contributed by atoms with Crippen LogP contribution in [0.2, 0.25) is 0 Å².